The smallest absolute Gasteiger partial charge is 0.160 e. The first-order valence-electron chi connectivity index (χ1n) is 5.32. The zero-order chi connectivity index (χ0) is 12.3. The molecule has 2 rings (SSSR count). The lowest BCUT2D eigenvalue weighted by molar-refractivity contribution is 1.15. The molecule has 0 aliphatic rings. The van der Waals surface area contributed by atoms with Gasteiger partial charge in [0, 0.05) is 5.69 Å². The molecule has 0 fully saturated rings. The van der Waals surface area contributed by atoms with Crippen molar-refractivity contribution in [3.63, 3.8) is 0 Å². The lowest BCUT2D eigenvalue weighted by atomic mass is 10.1. The van der Waals surface area contributed by atoms with Crippen molar-refractivity contribution in [2.75, 3.05) is 10.7 Å². The van der Waals surface area contributed by atoms with Gasteiger partial charge >= 0.3 is 0 Å². The molecular formula is C12H15N5. The summed E-state index contributed by atoms with van der Waals surface area (Å²) in [5.74, 6) is 6.48. The quantitative estimate of drug-likeness (QED) is 0.555. The maximum absolute atomic E-state index is 5.29. The molecule has 88 valence electrons. The first kappa shape index (κ1) is 11.3. The number of aromatic nitrogens is 2. The Kier molecular flexibility index (Phi) is 3.20. The molecule has 0 spiro atoms. The van der Waals surface area contributed by atoms with E-state index >= 15 is 0 Å². The molecular weight excluding hydrogens is 214 g/mol. The Morgan fingerprint density at radius 1 is 1.12 bits per heavy atom. The first-order chi connectivity index (χ1) is 8.19. The zero-order valence-electron chi connectivity index (χ0n) is 9.86. The number of benzene rings is 1. The van der Waals surface area contributed by atoms with Gasteiger partial charge in [0.2, 0.25) is 0 Å². The zero-order valence-corrected chi connectivity index (χ0v) is 9.86. The maximum atomic E-state index is 5.29. The normalized spacial score (nSPS) is 10.1. The fourth-order valence-corrected chi connectivity index (χ4v) is 1.50. The summed E-state index contributed by atoms with van der Waals surface area (Å²) >= 11 is 0. The van der Waals surface area contributed by atoms with E-state index in [1.54, 1.807) is 12.4 Å². The third-order valence-corrected chi connectivity index (χ3v) is 2.44. The van der Waals surface area contributed by atoms with Gasteiger partial charge in [0.25, 0.3) is 0 Å². The molecule has 1 aromatic carbocycles. The molecule has 0 atom stereocenters. The van der Waals surface area contributed by atoms with Crippen LogP contribution in [0.4, 0.5) is 17.3 Å². The van der Waals surface area contributed by atoms with Gasteiger partial charge < -0.3 is 10.7 Å². The van der Waals surface area contributed by atoms with Gasteiger partial charge in [-0.05, 0) is 31.0 Å². The SMILES string of the molecule is Cc1ccc(C)c(Nc2cncc(NN)n2)c1. The van der Waals surface area contributed by atoms with Crippen molar-refractivity contribution < 1.29 is 0 Å². The van der Waals surface area contributed by atoms with Crippen molar-refractivity contribution >= 4 is 17.3 Å². The van der Waals surface area contributed by atoms with Gasteiger partial charge in [0.05, 0.1) is 12.4 Å². The second-order valence-electron chi connectivity index (χ2n) is 3.88. The third-order valence-electron chi connectivity index (χ3n) is 2.44. The van der Waals surface area contributed by atoms with E-state index in [0.717, 1.165) is 11.3 Å². The van der Waals surface area contributed by atoms with Crippen molar-refractivity contribution in [2.24, 2.45) is 5.84 Å². The molecule has 5 heteroatoms. The van der Waals surface area contributed by atoms with E-state index in [1.165, 1.54) is 5.56 Å². The van der Waals surface area contributed by atoms with Crippen LogP contribution in [0.1, 0.15) is 11.1 Å². The van der Waals surface area contributed by atoms with E-state index in [0.29, 0.717) is 11.6 Å². The molecule has 0 aliphatic carbocycles. The highest BCUT2D eigenvalue weighted by atomic mass is 15.3. The highest BCUT2D eigenvalue weighted by Crippen LogP contribution is 2.20. The lowest BCUT2D eigenvalue weighted by Gasteiger charge is -2.10. The minimum absolute atomic E-state index is 0.528. The average Bonchev–Trinajstić information content (AvgIpc) is 2.34. The minimum atomic E-state index is 0.528. The fraction of sp³-hybridized carbons (Fsp3) is 0.167. The molecule has 4 N–H and O–H groups in total. The summed E-state index contributed by atoms with van der Waals surface area (Å²) in [6.45, 7) is 4.09. The summed E-state index contributed by atoms with van der Waals surface area (Å²) in [6, 6.07) is 6.21. The number of hydrazine groups is 1. The second-order valence-corrected chi connectivity index (χ2v) is 3.88. The molecule has 0 aliphatic heterocycles. The monoisotopic (exact) mass is 229 g/mol. The number of aryl methyl sites for hydroxylation is 2. The summed E-state index contributed by atoms with van der Waals surface area (Å²) in [5, 5.41) is 3.22. The van der Waals surface area contributed by atoms with Crippen LogP contribution < -0.4 is 16.6 Å². The van der Waals surface area contributed by atoms with Crippen molar-refractivity contribution in [3.05, 3.63) is 41.7 Å². The first-order valence-corrected chi connectivity index (χ1v) is 5.32. The maximum Gasteiger partial charge on any atom is 0.160 e. The second kappa shape index (κ2) is 4.80. The Balaban J connectivity index is 2.27. The number of nitrogens with zero attached hydrogens (tertiary/aromatic N) is 2. The Labute approximate surface area is 100 Å². The van der Waals surface area contributed by atoms with Crippen LogP contribution in [0, 0.1) is 13.8 Å². The van der Waals surface area contributed by atoms with Gasteiger partial charge in [0.1, 0.15) is 0 Å². The van der Waals surface area contributed by atoms with Gasteiger partial charge in [-0.2, -0.15) is 0 Å². The summed E-state index contributed by atoms with van der Waals surface area (Å²) in [5.41, 5.74) is 5.84. The molecule has 0 saturated carbocycles. The highest BCUT2D eigenvalue weighted by Gasteiger charge is 2.01. The number of nitrogens with two attached hydrogens (primary N) is 1. The summed E-state index contributed by atoms with van der Waals surface area (Å²) in [7, 11) is 0. The third kappa shape index (κ3) is 2.70. The number of nitrogens with one attached hydrogen (secondary N) is 2. The molecule has 0 bridgehead atoms. The molecule has 0 amide bonds. The molecule has 5 nitrogen and oxygen atoms in total. The number of hydrogen-bond donors (Lipinski definition) is 3. The molecule has 0 radical (unpaired) electrons. The van der Waals surface area contributed by atoms with Crippen LogP contribution >= 0.6 is 0 Å². The van der Waals surface area contributed by atoms with Crippen molar-refractivity contribution in [2.45, 2.75) is 13.8 Å². The Morgan fingerprint density at radius 2 is 1.88 bits per heavy atom. The minimum Gasteiger partial charge on any atom is -0.339 e. The topological polar surface area (TPSA) is 75.9 Å². The van der Waals surface area contributed by atoms with Crippen LogP contribution in [0.3, 0.4) is 0 Å². The predicted octanol–water partition coefficient (Wildman–Crippen LogP) is 2.12. The standard InChI is InChI=1S/C12H15N5/c1-8-3-4-9(2)10(5-8)15-11-6-14-7-12(16-11)17-13/h3-7H,13H2,1-2H3,(H2,15,16,17). The van der Waals surface area contributed by atoms with E-state index in [-0.39, 0.29) is 0 Å². The van der Waals surface area contributed by atoms with E-state index < -0.39 is 0 Å². The summed E-state index contributed by atoms with van der Waals surface area (Å²) < 4.78 is 0. The fourth-order valence-electron chi connectivity index (χ4n) is 1.50. The highest BCUT2D eigenvalue weighted by molar-refractivity contribution is 5.61. The molecule has 0 unspecified atom stereocenters. The number of nitrogen functional groups attached to an aromatic ring is 1. The van der Waals surface area contributed by atoms with E-state index in [9.17, 15) is 0 Å². The molecule has 1 aromatic heterocycles. The Hall–Kier alpha value is -2.14. The summed E-state index contributed by atoms with van der Waals surface area (Å²) in [4.78, 5) is 8.28. The number of anilines is 3. The largest absolute Gasteiger partial charge is 0.339 e. The molecule has 1 heterocycles. The van der Waals surface area contributed by atoms with E-state index in [1.807, 2.05) is 13.8 Å². The Morgan fingerprint density at radius 3 is 2.65 bits per heavy atom. The lowest BCUT2D eigenvalue weighted by Crippen LogP contribution is -2.09. The van der Waals surface area contributed by atoms with Crippen molar-refractivity contribution in [1.29, 1.82) is 0 Å². The molecule has 17 heavy (non-hydrogen) atoms. The Bertz CT molecular complexity index is 524. The van der Waals surface area contributed by atoms with Gasteiger partial charge in [-0.3, -0.25) is 4.98 Å². The number of hydrogen-bond acceptors (Lipinski definition) is 5. The number of rotatable bonds is 3. The average molecular weight is 229 g/mol. The van der Waals surface area contributed by atoms with Crippen LogP contribution in [0.25, 0.3) is 0 Å². The van der Waals surface area contributed by atoms with Crippen LogP contribution in [0.15, 0.2) is 30.6 Å². The van der Waals surface area contributed by atoms with Gasteiger partial charge in [0.15, 0.2) is 11.6 Å². The van der Waals surface area contributed by atoms with Crippen LogP contribution in [0.2, 0.25) is 0 Å². The summed E-state index contributed by atoms with van der Waals surface area (Å²) in [6.07, 6.45) is 3.22. The van der Waals surface area contributed by atoms with Crippen LogP contribution in [0.5, 0.6) is 0 Å². The molecule has 2 aromatic rings. The van der Waals surface area contributed by atoms with Gasteiger partial charge in [-0.1, -0.05) is 12.1 Å². The van der Waals surface area contributed by atoms with Crippen LogP contribution in [-0.4, -0.2) is 9.97 Å². The predicted molar refractivity (Wildman–Crippen MR) is 69.0 cm³/mol. The van der Waals surface area contributed by atoms with E-state index in [2.05, 4.69) is 38.9 Å². The molecule has 0 saturated heterocycles. The van der Waals surface area contributed by atoms with Gasteiger partial charge in [-0.25, -0.2) is 10.8 Å². The van der Waals surface area contributed by atoms with Gasteiger partial charge in [-0.15, -0.1) is 0 Å². The van der Waals surface area contributed by atoms with Crippen LogP contribution in [-0.2, 0) is 0 Å². The van der Waals surface area contributed by atoms with Crippen molar-refractivity contribution in [3.8, 4) is 0 Å². The van der Waals surface area contributed by atoms with E-state index in [4.69, 9.17) is 5.84 Å². The van der Waals surface area contributed by atoms with Crippen molar-refractivity contribution in [1.82, 2.24) is 9.97 Å².